The van der Waals surface area contributed by atoms with Gasteiger partial charge in [0.15, 0.2) is 15.8 Å². The van der Waals surface area contributed by atoms with Gasteiger partial charge in [-0.2, -0.15) is 0 Å². The van der Waals surface area contributed by atoms with E-state index >= 15 is 0 Å². The monoisotopic (exact) mass is 501 g/mol. The SMILES string of the molecule is CN=C(NCCCOC(C)C)NCc1cc(F)ccc1CS(C)(=O)=O.I. The maximum absolute atomic E-state index is 13.5. The number of guanidine groups is 1. The highest BCUT2D eigenvalue weighted by atomic mass is 127. The Hall–Kier alpha value is -0.940. The van der Waals surface area contributed by atoms with Gasteiger partial charge < -0.3 is 15.4 Å². The third kappa shape index (κ3) is 10.9. The van der Waals surface area contributed by atoms with E-state index in [-0.39, 0.29) is 42.4 Å². The summed E-state index contributed by atoms with van der Waals surface area (Å²) in [5.41, 5.74) is 1.17. The molecule has 150 valence electrons. The molecule has 0 unspecified atom stereocenters. The summed E-state index contributed by atoms with van der Waals surface area (Å²) in [6, 6.07) is 4.12. The first-order chi connectivity index (χ1) is 11.7. The van der Waals surface area contributed by atoms with Crippen molar-refractivity contribution in [3.05, 3.63) is 35.1 Å². The second kappa shape index (κ2) is 12.4. The molecule has 0 saturated heterocycles. The van der Waals surface area contributed by atoms with E-state index in [0.717, 1.165) is 12.7 Å². The minimum Gasteiger partial charge on any atom is -0.379 e. The van der Waals surface area contributed by atoms with Crippen LogP contribution in [0.5, 0.6) is 0 Å². The highest BCUT2D eigenvalue weighted by Crippen LogP contribution is 2.14. The van der Waals surface area contributed by atoms with Crippen LogP contribution in [0.2, 0.25) is 0 Å². The Balaban J connectivity index is 0.00000625. The molecular weight excluding hydrogens is 472 g/mol. The highest BCUT2D eigenvalue weighted by Gasteiger charge is 2.11. The molecule has 1 rings (SSSR count). The number of benzene rings is 1. The van der Waals surface area contributed by atoms with Crippen LogP contribution in [0.4, 0.5) is 4.39 Å². The largest absolute Gasteiger partial charge is 0.379 e. The molecule has 0 aliphatic heterocycles. The van der Waals surface area contributed by atoms with Crippen LogP contribution in [-0.4, -0.2) is 46.9 Å². The third-order valence-electron chi connectivity index (χ3n) is 3.32. The normalized spacial score (nSPS) is 12.0. The summed E-state index contributed by atoms with van der Waals surface area (Å²) in [5.74, 6) is 0.0463. The maximum atomic E-state index is 13.5. The molecule has 1 aromatic carbocycles. The summed E-state index contributed by atoms with van der Waals surface area (Å²) >= 11 is 0. The Kier molecular flexibility index (Phi) is 12.0. The van der Waals surface area contributed by atoms with Crippen LogP contribution >= 0.6 is 24.0 Å². The summed E-state index contributed by atoms with van der Waals surface area (Å²) in [5, 5.41) is 6.22. The van der Waals surface area contributed by atoms with Crippen molar-refractivity contribution in [2.24, 2.45) is 4.99 Å². The molecular formula is C17H29FIN3O3S. The van der Waals surface area contributed by atoms with Gasteiger partial charge in [0.25, 0.3) is 0 Å². The number of rotatable bonds is 9. The molecule has 0 saturated carbocycles. The Morgan fingerprint density at radius 1 is 1.27 bits per heavy atom. The van der Waals surface area contributed by atoms with Crippen LogP contribution < -0.4 is 10.6 Å². The summed E-state index contributed by atoms with van der Waals surface area (Å²) < 4.78 is 42.0. The third-order valence-corrected chi connectivity index (χ3v) is 4.16. The summed E-state index contributed by atoms with van der Waals surface area (Å²) in [6.07, 6.45) is 2.20. The molecule has 0 fully saturated rings. The molecule has 0 aliphatic carbocycles. The van der Waals surface area contributed by atoms with Crippen LogP contribution in [0.1, 0.15) is 31.4 Å². The number of nitrogens with one attached hydrogen (secondary N) is 2. The maximum Gasteiger partial charge on any atom is 0.191 e. The zero-order chi connectivity index (χ0) is 18.9. The van der Waals surface area contributed by atoms with Crippen molar-refractivity contribution in [1.82, 2.24) is 10.6 Å². The molecule has 0 bridgehead atoms. The second-order valence-corrected chi connectivity index (χ2v) is 8.25. The molecule has 1 aromatic rings. The molecule has 0 aromatic heterocycles. The van der Waals surface area contributed by atoms with Crippen LogP contribution in [0.15, 0.2) is 23.2 Å². The van der Waals surface area contributed by atoms with E-state index in [0.29, 0.717) is 30.2 Å². The lowest BCUT2D eigenvalue weighted by atomic mass is 10.1. The fraction of sp³-hybridized carbons (Fsp3) is 0.588. The van der Waals surface area contributed by atoms with Gasteiger partial charge in [-0.3, -0.25) is 4.99 Å². The van der Waals surface area contributed by atoms with Gasteiger partial charge in [-0.15, -0.1) is 24.0 Å². The van der Waals surface area contributed by atoms with Crippen LogP contribution in [0.25, 0.3) is 0 Å². The summed E-state index contributed by atoms with van der Waals surface area (Å²) in [4.78, 5) is 4.10. The molecule has 0 radical (unpaired) electrons. The second-order valence-electron chi connectivity index (χ2n) is 6.11. The zero-order valence-electron chi connectivity index (χ0n) is 15.7. The fourth-order valence-electron chi connectivity index (χ4n) is 2.18. The molecule has 0 amide bonds. The summed E-state index contributed by atoms with van der Waals surface area (Å²) in [6.45, 7) is 5.60. The average molecular weight is 501 g/mol. The van der Waals surface area contributed by atoms with Crippen molar-refractivity contribution in [1.29, 1.82) is 0 Å². The topological polar surface area (TPSA) is 79.8 Å². The average Bonchev–Trinajstić information content (AvgIpc) is 2.50. The van der Waals surface area contributed by atoms with Crippen LogP contribution in [0.3, 0.4) is 0 Å². The fourth-order valence-corrected chi connectivity index (χ4v) is 3.03. The van der Waals surface area contributed by atoms with Gasteiger partial charge in [-0.25, -0.2) is 12.8 Å². The minimum absolute atomic E-state index is 0. The first-order valence-electron chi connectivity index (χ1n) is 8.22. The van der Waals surface area contributed by atoms with Crippen molar-refractivity contribution < 1.29 is 17.5 Å². The number of hydrogen-bond donors (Lipinski definition) is 2. The predicted molar refractivity (Wildman–Crippen MR) is 114 cm³/mol. The Labute approximate surface area is 172 Å². The number of aliphatic imine (C=N–C) groups is 1. The highest BCUT2D eigenvalue weighted by molar-refractivity contribution is 14.0. The van der Waals surface area contributed by atoms with Crippen molar-refractivity contribution in [2.75, 3.05) is 26.5 Å². The molecule has 0 atom stereocenters. The number of sulfone groups is 1. The zero-order valence-corrected chi connectivity index (χ0v) is 18.9. The van der Waals surface area contributed by atoms with Gasteiger partial charge in [0.05, 0.1) is 11.9 Å². The molecule has 2 N–H and O–H groups in total. The van der Waals surface area contributed by atoms with Crippen molar-refractivity contribution in [2.45, 2.75) is 38.7 Å². The number of nitrogens with zero attached hydrogens (tertiary/aromatic N) is 1. The first-order valence-corrected chi connectivity index (χ1v) is 10.3. The van der Waals surface area contributed by atoms with E-state index in [1.807, 2.05) is 13.8 Å². The van der Waals surface area contributed by atoms with Gasteiger partial charge in [-0.1, -0.05) is 6.07 Å². The molecule has 0 heterocycles. The molecule has 9 heteroatoms. The molecule has 6 nitrogen and oxygen atoms in total. The van der Waals surface area contributed by atoms with Gasteiger partial charge in [0.1, 0.15) is 5.82 Å². The van der Waals surface area contributed by atoms with Gasteiger partial charge >= 0.3 is 0 Å². The lowest BCUT2D eigenvalue weighted by molar-refractivity contribution is 0.0776. The van der Waals surface area contributed by atoms with Gasteiger partial charge in [-0.05, 0) is 43.5 Å². The van der Waals surface area contributed by atoms with E-state index in [9.17, 15) is 12.8 Å². The van der Waals surface area contributed by atoms with Crippen molar-refractivity contribution in [3.8, 4) is 0 Å². The Morgan fingerprint density at radius 3 is 2.54 bits per heavy atom. The Bertz CT molecular complexity index is 682. The minimum atomic E-state index is -3.19. The smallest absolute Gasteiger partial charge is 0.191 e. The number of ether oxygens (including phenoxy) is 1. The van der Waals surface area contributed by atoms with E-state index in [2.05, 4.69) is 15.6 Å². The van der Waals surface area contributed by atoms with E-state index < -0.39 is 15.7 Å². The van der Waals surface area contributed by atoms with Crippen LogP contribution in [-0.2, 0) is 26.9 Å². The number of halogens is 2. The Morgan fingerprint density at radius 2 is 1.96 bits per heavy atom. The lowest BCUT2D eigenvalue weighted by Crippen LogP contribution is -2.37. The van der Waals surface area contributed by atoms with Crippen LogP contribution in [0, 0.1) is 5.82 Å². The quantitative estimate of drug-likeness (QED) is 0.235. The van der Waals surface area contributed by atoms with Crippen molar-refractivity contribution >= 4 is 39.8 Å². The molecule has 26 heavy (non-hydrogen) atoms. The standard InChI is InChI=1S/C17H28FN3O3S.HI/c1-13(2)24-9-5-8-20-17(19-3)21-11-15-10-16(18)7-6-14(15)12-25(4,22)23;/h6-7,10,13H,5,8-9,11-12H2,1-4H3,(H2,19,20,21);1H. The van der Waals surface area contributed by atoms with E-state index in [4.69, 9.17) is 4.74 Å². The molecule has 0 spiro atoms. The first kappa shape index (κ1) is 25.1. The lowest BCUT2D eigenvalue weighted by Gasteiger charge is -2.14. The van der Waals surface area contributed by atoms with Gasteiger partial charge in [0.2, 0.25) is 0 Å². The van der Waals surface area contributed by atoms with Gasteiger partial charge in [0, 0.05) is 33.0 Å². The van der Waals surface area contributed by atoms with Crippen molar-refractivity contribution in [3.63, 3.8) is 0 Å². The molecule has 0 aliphatic rings. The number of hydrogen-bond acceptors (Lipinski definition) is 4. The van der Waals surface area contributed by atoms with E-state index in [1.165, 1.54) is 18.2 Å². The summed E-state index contributed by atoms with van der Waals surface area (Å²) in [7, 11) is -1.55. The van der Waals surface area contributed by atoms with E-state index in [1.54, 1.807) is 7.05 Å². The predicted octanol–water partition coefficient (Wildman–Crippen LogP) is 2.47.